The fraction of sp³-hybridized carbons (Fsp3) is 0.316. The number of nitrogens with zero attached hydrogens (tertiary/aromatic N) is 1. The number of nitrogens with one attached hydrogen (secondary N) is 1. The van der Waals surface area contributed by atoms with Crippen molar-refractivity contribution in [2.75, 3.05) is 6.54 Å². The fourth-order valence-electron chi connectivity index (χ4n) is 3.16. The molecule has 0 spiro atoms. The van der Waals surface area contributed by atoms with Crippen LogP contribution in [-0.2, 0) is 21.4 Å². The molecule has 5 nitrogen and oxygen atoms in total. The molecule has 132 valence electrons. The number of carbonyl (C=O) groups is 1. The smallest absolute Gasteiger partial charge is 0.244 e. The Bertz CT molecular complexity index is 850. The highest BCUT2D eigenvalue weighted by molar-refractivity contribution is 7.89. The number of sulfonamides is 1. The van der Waals surface area contributed by atoms with Crippen LogP contribution < -0.4 is 5.32 Å². The lowest BCUT2D eigenvalue weighted by molar-refractivity contribution is -0.124. The van der Waals surface area contributed by atoms with E-state index in [0.29, 0.717) is 31.5 Å². The minimum atomic E-state index is -3.67. The lowest BCUT2D eigenvalue weighted by Gasteiger charge is -2.24. The van der Waals surface area contributed by atoms with Gasteiger partial charge in [0, 0.05) is 13.1 Å². The van der Waals surface area contributed by atoms with Crippen molar-refractivity contribution in [1.82, 2.24) is 9.62 Å². The minimum Gasteiger partial charge on any atom is -0.351 e. The number of rotatable bonds is 5. The number of carbonyl (C=O) groups excluding carboxylic acids is 1. The molecule has 0 saturated carbocycles. The van der Waals surface area contributed by atoms with Crippen LogP contribution in [0.4, 0.5) is 0 Å². The molecule has 1 N–H and O–H groups in total. The van der Waals surface area contributed by atoms with Gasteiger partial charge < -0.3 is 5.32 Å². The number of aryl methyl sites for hydroxylation is 1. The lowest BCUT2D eigenvalue weighted by atomic mass is 10.2. The van der Waals surface area contributed by atoms with Gasteiger partial charge in [0.1, 0.15) is 6.04 Å². The zero-order chi connectivity index (χ0) is 17.9. The lowest BCUT2D eigenvalue weighted by Crippen LogP contribution is -2.45. The van der Waals surface area contributed by atoms with Crippen LogP contribution in [0, 0.1) is 6.92 Å². The second kappa shape index (κ2) is 7.37. The summed E-state index contributed by atoms with van der Waals surface area (Å²) in [6.07, 6.45) is 1.24. The van der Waals surface area contributed by atoms with Crippen LogP contribution in [0.5, 0.6) is 0 Å². The van der Waals surface area contributed by atoms with Crippen LogP contribution >= 0.6 is 0 Å². The summed E-state index contributed by atoms with van der Waals surface area (Å²) in [5.74, 6) is -0.237. The molecule has 1 heterocycles. The van der Waals surface area contributed by atoms with Crippen molar-refractivity contribution < 1.29 is 13.2 Å². The first-order chi connectivity index (χ1) is 12.0. The van der Waals surface area contributed by atoms with Crippen LogP contribution in [-0.4, -0.2) is 31.2 Å². The maximum absolute atomic E-state index is 13.0. The van der Waals surface area contributed by atoms with E-state index in [1.807, 2.05) is 36.4 Å². The van der Waals surface area contributed by atoms with Crippen LogP contribution in [0.1, 0.15) is 24.0 Å². The van der Waals surface area contributed by atoms with E-state index in [-0.39, 0.29) is 10.8 Å². The molecule has 25 heavy (non-hydrogen) atoms. The van der Waals surface area contributed by atoms with E-state index in [1.54, 1.807) is 25.1 Å². The third-order valence-electron chi connectivity index (χ3n) is 4.50. The third kappa shape index (κ3) is 3.75. The van der Waals surface area contributed by atoms with Crippen LogP contribution in [0.3, 0.4) is 0 Å². The van der Waals surface area contributed by atoms with Gasteiger partial charge in [-0.25, -0.2) is 8.42 Å². The first-order valence-electron chi connectivity index (χ1n) is 8.39. The maximum atomic E-state index is 13.0. The normalized spacial score (nSPS) is 18.2. The summed E-state index contributed by atoms with van der Waals surface area (Å²) in [5, 5.41) is 2.86. The molecule has 0 unspecified atom stereocenters. The van der Waals surface area contributed by atoms with Crippen molar-refractivity contribution in [2.45, 2.75) is 37.2 Å². The molecule has 1 atom stereocenters. The summed E-state index contributed by atoms with van der Waals surface area (Å²) >= 11 is 0. The van der Waals surface area contributed by atoms with E-state index in [2.05, 4.69) is 5.32 Å². The Labute approximate surface area is 148 Å². The monoisotopic (exact) mass is 358 g/mol. The second-order valence-corrected chi connectivity index (χ2v) is 8.10. The molecule has 1 saturated heterocycles. The molecule has 6 heteroatoms. The molecular weight excluding hydrogens is 336 g/mol. The molecule has 0 radical (unpaired) electrons. The predicted molar refractivity (Wildman–Crippen MR) is 96.4 cm³/mol. The summed E-state index contributed by atoms with van der Waals surface area (Å²) < 4.78 is 27.3. The quantitative estimate of drug-likeness (QED) is 0.893. The van der Waals surface area contributed by atoms with Gasteiger partial charge >= 0.3 is 0 Å². The number of hydrogen-bond donors (Lipinski definition) is 1. The summed E-state index contributed by atoms with van der Waals surface area (Å²) in [6.45, 7) is 2.54. The van der Waals surface area contributed by atoms with Crippen LogP contribution in [0.2, 0.25) is 0 Å². The van der Waals surface area contributed by atoms with Gasteiger partial charge in [0.25, 0.3) is 0 Å². The number of hydrogen-bond acceptors (Lipinski definition) is 3. The van der Waals surface area contributed by atoms with Gasteiger partial charge in [0.05, 0.1) is 4.90 Å². The van der Waals surface area contributed by atoms with Crippen molar-refractivity contribution in [1.29, 1.82) is 0 Å². The number of amides is 1. The van der Waals surface area contributed by atoms with Gasteiger partial charge in [-0.05, 0) is 37.0 Å². The first-order valence-corrected chi connectivity index (χ1v) is 9.83. The predicted octanol–water partition coefficient (Wildman–Crippen LogP) is 2.46. The van der Waals surface area contributed by atoms with Gasteiger partial charge in [0.2, 0.25) is 15.9 Å². The molecule has 2 aromatic rings. The Balaban J connectivity index is 1.76. The maximum Gasteiger partial charge on any atom is 0.244 e. The highest BCUT2D eigenvalue weighted by Crippen LogP contribution is 2.27. The molecule has 0 bridgehead atoms. The Hall–Kier alpha value is -2.18. The molecule has 0 aromatic heterocycles. The topological polar surface area (TPSA) is 66.5 Å². The highest BCUT2D eigenvalue weighted by Gasteiger charge is 2.39. The van der Waals surface area contributed by atoms with Gasteiger partial charge in [-0.15, -0.1) is 0 Å². The minimum absolute atomic E-state index is 0.237. The Kier molecular flexibility index (Phi) is 5.20. The Morgan fingerprint density at radius 3 is 2.52 bits per heavy atom. The molecule has 0 aliphatic carbocycles. The van der Waals surface area contributed by atoms with Crippen molar-refractivity contribution in [3.05, 3.63) is 65.7 Å². The van der Waals surface area contributed by atoms with E-state index in [1.165, 1.54) is 4.31 Å². The molecule has 2 aromatic carbocycles. The molecular formula is C19H22N2O3S. The summed E-state index contributed by atoms with van der Waals surface area (Å²) in [5.41, 5.74) is 1.68. The number of benzene rings is 2. The SMILES string of the molecule is Cc1ccccc1S(=O)(=O)N1CCC[C@H]1C(=O)NCc1ccccc1. The Morgan fingerprint density at radius 2 is 1.80 bits per heavy atom. The molecule has 3 rings (SSSR count). The fourth-order valence-corrected chi connectivity index (χ4v) is 5.05. The molecule has 1 aliphatic rings. The highest BCUT2D eigenvalue weighted by atomic mass is 32.2. The zero-order valence-electron chi connectivity index (χ0n) is 14.2. The standard InChI is InChI=1S/C19H22N2O3S/c1-15-8-5-6-12-18(15)25(23,24)21-13-7-11-17(21)19(22)20-14-16-9-3-2-4-10-16/h2-6,8-10,12,17H,7,11,13-14H2,1H3,(H,20,22)/t17-/m0/s1. The van der Waals surface area contributed by atoms with Crippen LogP contribution in [0.25, 0.3) is 0 Å². The van der Waals surface area contributed by atoms with Crippen molar-refractivity contribution in [3.63, 3.8) is 0 Å². The summed E-state index contributed by atoms with van der Waals surface area (Å²) in [7, 11) is -3.67. The van der Waals surface area contributed by atoms with E-state index >= 15 is 0 Å². The summed E-state index contributed by atoms with van der Waals surface area (Å²) in [4.78, 5) is 12.9. The van der Waals surface area contributed by atoms with Gasteiger partial charge in [-0.2, -0.15) is 4.31 Å². The third-order valence-corrected chi connectivity index (χ3v) is 6.56. The van der Waals surface area contributed by atoms with Crippen molar-refractivity contribution in [3.8, 4) is 0 Å². The van der Waals surface area contributed by atoms with Gasteiger partial charge in [-0.3, -0.25) is 4.79 Å². The van der Waals surface area contributed by atoms with E-state index < -0.39 is 16.1 Å². The average molecular weight is 358 g/mol. The van der Waals surface area contributed by atoms with E-state index in [0.717, 1.165) is 5.56 Å². The molecule has 1 amide bonds. The average Bonchev–Trinajstić information content (AvgIpc) is 3.11. The largest absolute Gasteiger partial charge is 0.351 e. The summed E-state index contributed by atoms with van der Waals surface area (Å²) in [6, 6.07) is 15.8. The molecule has 1 fully saturated rings. The Morgan fingerprint density at radius 1 is 1.12 bits per heavy atom. The molecule has 1 aliphatic heterocycles. The van der Waals surface area contributed by atoms with E-state index in [9.17, 15) is 13.2 Å². The van der Waals surface area contributed by atoms with Crippen molar-refractivity contribution >= 4 is 15.9 Å². The van der Waals surface area contributed by atoms with Gasteiger partial charge in [0.15, 0.2) is 0 Å². The van der Waals surface area contributed by atoms with E-state index in [4.69, 9.17) is 0 Å². The van der Waals surface area contributed by atoms with Gasteiger partial charge in [-0.1, -0.05) is 48.5 Å². The van der Waals surface area contributed by atoms with Crippen LogP contribution in [0.15, 0.2) is 59.5 Å². The zero-order valence-corrected chi connectivity index (χ0v) is 15.0. The van der Waals surface area contributed by atoms with Crippen molar-refractivity contribution in [2.24, 2.45) is 0 Å². The first kappa shape index (κ1) is 17.6. The second-order valence-electron chi connectivity index (χ2n) is 6.24.